The molecule has 0 amide bonds. The maximum absolute atomic E-state index is 11.2. The Hall–Kier alpha value is -1.45. The van der Waals surface area contributed by atoms with E-state index in [0.29, 0.717) is 6.42 Å². The van der Waals surface area contributed by atoms with E-state index in [4.69, 9.17) is 5.11 Å². The summed E-state index contributed by atoms with van der Waals surface area (Å²) in [5.41, 5.74) is 2.46. The third kappa shape index (κ3) is 2.46. The minimum atomic E-state index is -0.777. The second-order valence-corrected chi connectivity index (χ2v) is 5.32. The molecule has 0 unspecified atom stereocenters. The molecule has 0 bridgehead atoms. The van der Waals surface area contributed by atoms with Crippen LogP contribution < -0.4 is 0 Å². The lowest BCUT2D eigenvalue weighted by molar-refractivity contribution is -0.146. The van der Waals surface area contributed by atoms with Gasteiger partial charge in [0.05, 0.1) is 5.41 Å². The summed E-state index contributed by atoms with van der Waals surface area (Å²) >= 11 is 0. The van der Waals surface area contributed by atoms with E-state index >= 15 is 0 Å². The van der Waals surface area contributed by atoms with Crippen LogP contribution in [0.3, 0.4) is 0 Å². The van der Waals surface area contributed by atoms with Crippen molar-refractivity contribution < 1.29 is 9.90 Å². The van der Waals surface area contributed by atoms with Gasteiger partial charge in [0.25, 0.3) is 0 Å². The minimum Gasteiger partial charge on any atom is -0.481 e. The third-order valence-electron chi connectivity index (χ3n) is 3.40. The SMILES string of the molecule is CC(C)(Cc1ncnc2c1CCCC2)C(=O)O. The molecule has 92 valence electrons. The van der Waals surface area contributed by atoms with Gasteiger partial charge in [-0.15, -0.1) is 0 Å². The first-order chi connectivity index (χ1) is 8.00. The molecule has 0 aromatic carbocycles. The highest BCUT2D eigenvalue weighted by molar-refractivity contribution is 5.74. The Morgan fingerprint density at radius 1 is 1.35 bits per heavy atom. The molecule has 0 saturated heterocycles. The second-order valence-electron chi connectivity index (χ2n) is 5.32. The van der Waals surface area contributed by atoms with Crippen molar-refractivity contribution in [2.24, 2.45) is 5.41 Å². The number of aliphatic carboxylic acids is 1. The van der Waals surface area contributed by atoms with Crippen LogP contribution in [0.15, 0.2) is 6.33 Å². The van der Waals surface area contributed by atoms with E-state index < -0.39 is 11.4 Å². The first-order valence-electron chi connectivity index (χ1n) is 6.06. The van der Waals surface area contributed by atoms with E-state index in [0.717, 1.165) is 30.7 Å². The van der Waals surface area contributed by atoms with E-state index in [2.05, 4.69) is 9.97 Å². The number of aromatic nitrogens is 2. The van der Waals surface area contributed by atoms with Gasteiger partial charge in [0.15, 0.2) is 0 Å². The summed E-state index contributed by atoms with van der Waals surface area (Å²) in [5, 5.41) is 9.16. The topological polar surface area (TPSA) is 63.1 Å². The van der Waals surface area contributed by atoms with Crippen molar-refractivity contribution in [3.8, 4) is 0 Å². The largest absolute Gasteiger partial charge is 0.481 e. The molecule has 4 heteroatoms. The molecule has 0 spiro atoms. The van der Waals surface area contributed by atoms with Crippen LogP contribution in [0.4, 0.5) is 0 Å². The Labute approximate surface area is 101 Å². The molecule has 2 rings (SSSR count). The summed E-state index contributed by atoms with van der Waals surface area (Å²) in [5.74, 6) is -0.777. The fourth-order valence-electron chi connectivity index (χ4n) is 2.24. The van der Waals surface area contributed by atoms with Crippen molar-refractivity contribution in [2.75, 3.05) is 0 Å². The highest BCUT2D eigenvalue weighted by Gasteiger charge is 2.30. The van der Waals surface area contributed by atoms with Gasteiger partial charge in [0, 0.05) is 17.8 Å². The quantitative estimate of drug-likeness (QED) is 0.869. The van der Waals surface area contributed by atoms with Gasteiger partial charge in [-0.1, -0.05) is 0 Å². The van der Waals surface area contributed by atoms with Gasteiger partial charge in [-0.3, -0.25) is 4.79 Å². The van der Waals surface area contributed by atoms with E-state index in [1.807, 2.05) is 0 Å². The number of rotatable bonds is 3. The summed E-state index contributed by atoms with van der Waals surface area (Å²) in [6.07, 6.45) is 6.36. The van der Waals surface area contributed by atoms with Crippen LogP contribution in [0.1, 0.15) is 43.6 Å². The zero-order valence-corrected chi connectivity index (χ0v) is 10.4. The summed E-state index contributed by atoms with van der Waals surface area (Å²) in [6.45, 7) is 3.49. The van der Waals surface area contributed by atoms with Crippen LogP contribution in [-0.2, 0) is 24.1 Å². The average Bonchev–Trinajstić information content (AvgIpc) is 2.29. The molecule has 0 saturated carbocycles. The Balaban J connectivity index is 2.30. The van der Waals surface area contributed by atoms with Crippen molar-refractivity contribution in [3.63, 3.8) is 0 Å². The predicted molar refractivity (Wildman–Crippen MR) is 63.8 cm³/mol. The first-order valence-corrected chi connectivity index (χ1v) is 6.06. The normalized spacial score (nSPS) is 15.4. The number of carboxylic acid groups (broad SMARTS) is 1. The van der Waals surface area contributed by atoms with E-state index in [1.165, 1.54) is 12.0 Å². The van der Waals surface area contributed by atoms with Crippen LogP contribution in [0.5, 0.6) is 0 Å². The zero-order chi connectivity index (χ0) is 12.5. The molecular formula is C13H18N2O2. The molecule has 4 nitrogen and oxygen atoms in total. The monoisotopic (exact) mass is 234 g/mol. The Morgan fingerprint density at radius 3 is 2.76 bits per heavy atom. The lowest BCUT2D eigenvalue weighted by Crippen LogP contribution is -2.28. The van der Waals surface area contributed by atoms with E-state index in [1.54, 1.807) is 20.2 Å². The molecule has 1 aliphatic rings. The average molecular weight is 234 g/mol. The van der Waals surface area contributed by atoms with Gasteiger partial charge in [0.1, 0.15) is 6.33 Å². The third-order valence-corrected chi connectivity index (χ3v) is 3.40. The maximum Gasteiger partial charge on any atom is 0.309 e. The summed E-state index contributed by atoms with van der Waals surface area (Å²) in [6, 6.07) is 0. The van der Waals surface area contributed by atoms with Crippen LogP contribution >= 0.6 is 0 Å². The minimum absolute atomic E-state index is 0.479. The summed E-state index contributed by atoms with van der Waals surface area (Å²) in [4.78, 5) is 19.7. The number of nitrogens with zero attached hydrogens (tertiary/aromatic N) is 2. The van der Waals surface area contributed by atoms with Gasteiger partial charge in [0.2, 0.25) is 0 Å². The number of hydrogen-bond donors (Lipinski definition) is 1. The van der Waals surface area contributed by atoms with Crippen molar-refractivity contribution in [1.82, 2.24) is 9.97 Å². The van der Waals surface area contributed by atoms with Crippen molar-refractivity contribution in [2.45, 2.75) is 46.0 Å². The standard InChI is InChI=1S/C13H18N2O2/c1-13(2,12(16)17)7-11-9-5-3-4-6-10(9)14-8-15-11/h8H,3-7H2,1-2H3,(H,16,17). The van der Waals surface area contributed by atoms with Gasteiger partial charge in [-0.25, -0.2) is 9.97 Å². The van der Waals surface area contributed by atoms with Gasteiger partial charge in [-0.05, 0) is 45.1 Å². The lowest BCUT2D eigenvalue weighted by Gasteiger charge is -2.22. The Morgan fingerprint density at radius 2 is 2.06 bits per heavy atom. The first kappa shape index (κ1) is 12.0. The second kappa shape index (κ2) is 4.43. The molecule has 1 aromatic rings. The molecule has 0 aliphatic heterocycles. The van der Waals surface area contributed by atoms with Crippen LogP contribution in [0.2, 0.25) is 0 Å². The smallest absolute Gasteiger partial charge is 0.309 e. The Bertz CT molecular complexity index is 441. The fraction of sp³-hybridized carbons (Fsp3) is 0.615. The highest BCUT2D eigenvalue weighted by Crippen LogP contribution is 2.27. The summed E-state index contributed by atoms with van der Waals surface area (Å²) < 4.78 is 0. The number of aryl methyl sites for hydroxylation is 1. The molecule has 1 N–H and O–H groups in total. The van der Waals surface area contributed by atoms with Crippen molar-refractivity contribution >= 4 is 5.97 Å². The zero-order valence-electron chi connectivity index (χ0n) is 10.4. The van der Waals surface area contributed by atoms with Crippen molar-refractivity contribution in [1.29, 1.82) is 0 Å². The van der Waals surface area contributed by atoms with Crippen LogP contribution in [-0.4, -0.2) is 21.0 Å². The number of carbonyl (C=O) groups is 1. The predicted octanol–water partition coefficient (Wildman–Crippen LogP) is 2.01. The van der Waals surface area contributed by atoms with Crippen LogP contribution in [0.25, 0.3) is 0 Å². The molecule has 1 aliphatic carbocycles. The molecule has 0 fully saturated rings. The summed E-state index contributed by atoms with van der Waals surface area (Å²) in [7, 11) is 0. The van der Waals surface area contributed by atoms with Gasteiger partial charge < -0.3 is 5.11 Å². The molecule has 17 heavy (non-hydrogen) atoms. The molecular weight excluding hydrogens is 216 g/mol. The Kier molecular flexibility index (Phi) is 3.13. The van der Waals surface area contributed by atoms with E-state index in [9.17, 15) is 4.79 Å². The molecule has 1 aromatic heterocycles. The molecule has 0 radical (unpaired) electrons. The van der Waals surface area contributed by atoms with Crippen LogP contribution in [0, 0.1) is 5.41 Å². The fourth-order valence-corrected chi connectivity index (χ4v) is 2.24. The maximum atomic E-state index is 11.2. The lowest BCUT2D eigenvalue weighted by atomic mass is 9.84. The highest BCUT2D eigenvalue weighted by atomic mass is 16.4. The van der Waals surface area contributed by atoms with Gasteiger partial charge >= 0.3 is 5.97 Å². The molecule has 1 heterocycles. The number of carboxylic acids is 1. The van der Waals surface area contributed by atoms with Gasteiger partial charge in [-0.2, -0.15) is 0 Å². The van der Waals surface area contributed by atoms with E-state index in [-0.39, 0.29) is 0 Å². The number of hydrogen-bond acceptors (Lipinski definition) is 3. The number of fused-ring (bicyclic) bond motifs is 1. The molecule has 0 atom stereocenters. The van der Waals surface area contributed by atoms with Crippen molar-refractivity contribution in [3.05, 3.63) is 23.3 Å².